The Balaban J connectivity index is 2.08. The molecule has 0 radical (unpaired) electrons. The Bertz CT molecular complexity index is 320. The average Bonchev–Trinajstić information content (AvgIpc) is 2.33. The molecule has 16 heavy (non-hydrogen) atoms. The van der Waals surface area contributed by atoms with Gasteiger partial charge in [-0.15, -0.1) is 0 Å². The fraction of sp³-hybridized carbons (Fsp3) is 0.600. The van der Waals surface area contributed by atoms with Crippen molar-refractivity contribution in [3.8, 4) is 5.75 Å². The highest BCUT2D eigenvalue weighted by molar-refractivity contribution is 5.27. The third-order valence-corrected chi connectivity index (χ3v) is 3.76. The standard InChI is InChI=1S/C15H22O/c1-3-15(11-5-4-6-12-15)16-14-9-7-13(2)8-10-14/h7-10H,3-6,11-12H2,1-2H3. The maximum Gasteiger partial charge on any atom is 0.120 e. The minimum absolute atomic E-state index is 0.119. The maximum absolute atomic E-state index is 6.25. The molecule has 1 aromatic rings. The minimum atomic E-state index is 0.119. The van der Waals surface area contributed by atoms with Gasteiger partial charge in [0.05, 0.1) is 0 Å². The summed E-state index contributed by atoms with van der Waals surface area (Å²) in [5.74, 6) is 1.04. The van der Waals surface area contributed by atoms with Gasteiger partial charge in [0.1, 0.15) is 11.4 Å². The van der Waals surface area contributed by atoms with E-state index in [4.69, 9.17) is 4.74 Å². The molecule has 1 nitrogen and oxygen atoms in total. The Labute approximate surface area is 98.8 Å². The molecular weight excluding hydrogens is 196 g/mol. The molecule has 1 aliphatic carbocycles. The van der Waals surface area contributed by atoms with E-state index in [0.717, 1.165) is 12.2 Å². The van der Waals surface area contributed by atoms with Gasteiger partial charge in [-0.1, -0.05) is 31.0 Å². The predicted molar refractivity (Wildman–Crippen MR) is 67.9 cm³/mol. The SMILES string of the molecule is CCC1(Oc2ccc(C)cc2)CCCCC1. The van der Waals surface area contributed by atoms with Crippen LogP contribution < -0.4 is 4.74 Å². The van der Waals surface area contributed by atoms with E-state index < -0.39 is 0 Å². The fourth-order valence-electron chi connectivity index (χ4n) is 2.58. The molecule has 0 unspecified atom stereocenters. The van der Waals surface area contributed by atoms with Crippen LogP contribution in [0.2, 0.25) is 0 Å². The quantitative estimate of drug-likeness (QED) is 0.726. The summed E-state index contributed by atoms with van der Waals surface area (Å²) in [5, 5.41) is 0. The molecule has 1 aromatic carbocycles. The van der Waals surface area contributed by atoms with Gasteiger partial charge in [0, 0.05) is 0 Å². The molecule has 1 aliphatic rings. The normalized spacial score (nSPS) is 19.4. The molecule has 0 aliphatic heterocycles. The Morgan fingerprint density at radius 3 is 2.25 bits per heavy atom. The van der Waals surface area contributed by atoms with Crippen molar-refractivity contribution in [2.45, 2.75) is 58.0 Å². The first-order chi connectivity index (χ1) is 7.74. The molecule has 0 N–H and O–H groups in total. The summed E-state index contributed by atoms with van der Waals surface area (Å²) >= 11 is 0. The third-order valence-electron chi connectivity index (χ3n) is 3.76. The van der Waals surface area contributed by atoms with Crippen molar-refractivity contribution in [3.05, 3.63) is 29.8 Å². The van der Waals surface area contributed by atoms with Gasteiger partial charge in [-0.05, 0) is 51.2 Å². The highest BCUT2D eigenvalue weighted by Gasteiger charge is 2.32. The molecule has 0 saturated heterocycles. The predicted octanol–water partition coefficient (Wildman–Crippen LogP) is 4.49. The second-order valence-corrected chi connectivity index (χ2v) is 5.01. The lowest BCUT2D eigenvalue weighted by Crippen LogP contribution is -2.37. The second-order valence-electron chi connectivity index (χ2n) is 5.01. The Hall–Kier alpha value is -0.980. The van der Waals surface area contributed by atoms with Crippen LogP contribution in [0.4, 0.5) is 0 Å². The molecule has 0 atom stereocenters. The Kier molecular flexibility index (Phi) is 3.52. The molecule has 0 spiro atoms. The van der Waals surface area contributed by atoms with Gasteiger partial charge in [-0.3, -0.25) is 0 Å². The number of hydrogen-bond acceptors (Lipinski definition) is 1. The van der Waals surface area contributed by atoms with Crippen molar-refractivity contribution >= 4 is 0 Å². The summed E-state index contributed by atoms with van der Waals surface area (Å²) < 4.78 is 6.25. The number of aryl methyl sites for hydroxylation is 1. The fourth-order valence-corrected chi connectivity index (χ4v) is 2.58. The largest absolute Gasteiger partial charge is 0.487 e. The zero-order valence-electron chi connectivity index (χ0n) is 10.5. The molecule has 0 bridgehead atoms. The van der Waals surface area contributed by atoms with E-state index in [2.05, 4.69) is 38.1 Å². The van der Waals surface area contributed by atoms with Crippen molar-refractivity contribution in [1.82, 2.24) is 0 Å². The summed E-state index contributed by atoms with van der Waals surface area (Å²) in [5.41, 5.74) is 1.41. The third kappa shape index (κ3) is 2.58. The lowest BCUT2D eigenvalue weighted by atomic mass is 9.82. The van der Waals surface area contributed by atoms with Crippen molar-refractivity contribution in [3.63, 3.8) is 0 Å². The van der Waals surface area contributed by atoms with E-state index in [0.29, 0.717) is 0 Å². The van der Waals surface area contributed by atoms with Gasteiger partial charge in [0.25, 0.3) is 0 Å². The molecule has 2 rings (SSSR count). The molecular formula is C15H22O. The van der Waals surface area contributed by atoms with Crippen LogP contribution in [0, 0.1) is 6.92 Å². The van der Waals surface area contributed by atoms with E-state index in [1.54, 1.807) is 0 Å². The lowest BCUT2D eigenvalue weighted by molar-refractivity contribution is 0.0265. The number of rotatable bonds is 3. The summed E-state index contributed by atoms with van der Waals surface area (Å²) in [4.78, 5) is 0. The summed E-state index contributed by atoms with van der Waals surface area (Å²) in [6.45, 7) is 4.36. The topological polar surface area (TPSA) is 9.23 Å². The van der Waals surface area contributed by atoms with Crippen LogP contribution in [0.3, 0.4) is 0 Å². The number of benzene rings is 1. The van der Waals surface area contributed by atoms with Crippen molar-refractivity contribution in [2.75, 3.05) is 0 Å². The van der Waals surface area contributed by atoms with Crippen LogP contribution in [0.15, 0.2) is 24.3 Å². The van der Waals surface area contributed by atoms with Crippen LogP contribution in [-0.4, -0.2) is 5.60 Å². The van der Waals surface area contributed by atoms with Crippen molar-refractivity contribution < 1.29 is 4.74 Å². The van der Waals surface area contributed by atoms with E-state index in [1.807, 2.05) is 0 Å². The molecule has 88 valence electrons. The first kappa shape index (κ1) is 11.5. The van der Waals surface area contributed by atoms with Crippen LogP contribution >= 0.6 is 0 Å². The van der Waals surface area contributed by atoms with Crippen LogP contribution in [-0.2, 0) is 0 Å². The highest BCUT2D eigenvalue weighted by Crippen LogP contribution is 2.35. The van der Waals surface area contributed by atoms with Gasteiger partial charge >= 0.3 is 0 Å². The first-order valence-corrected chi connectivity index (χ1v) is 6.50. The van der Waals surface area contributed by atoms with E-state index >= 15 is 0 Å². The Morgan fingerprint density at radius 2 is 1.69 bits per heavy atom. The van der Waals surface area contributed by atoms with Crippen molar-refractivity contribution in [1.29, 1.82) is 0 Å². The summed E-state index contributed by atoms with van der Waals surface area (Å²) in [6, 6.07) is 8.45. The molecule has 1 saturated carbocycles. The van der Waals surface area contributed by atoms with Gasteiger partial charge in [0.15, 0.2) is 0 Å². The van der Waals surface area contributed by atoms with Gasteiger partial charge in [-0.25, -0.2) is 0 Å². The zero-order chi connectivity index (χ0) is 11.4. The van der Waals surface area contributed by atoms with Crippen molar-refractivity contribution in [2.24, 2.45) is 0 Å². The number of ether oxygens (including phenoxy) is 1. The van der Waals surface area contributed by atoms with Gasteiger partial charge < -0.3 is 4.74 Å². The summed E-state index contributed by atoms with van der Waals surface area (Å²) in [7, 11) is 0. The second kappa shape index (κ2) is 4.90. The molecule has 1 heteroatoms. The lowest BCUT2D eigenvalue weighted by Gasteiger charge is -2.37. The monoisotopic (exact) mass is 218 g/mol. The Morgan fingerprint density at radius 1 is 1.06 bits per heavy atom. The molecule has 0 heterocycles. The van der Waals surface area contributed by atoms with E-state index in [1.165, 1.54) is 37.7 Å². The maximum atomic E-state index is 6.25. The molecule has 0 aromatic heterocycles. The highest BCUT2D eigenvalue weighted by atomic mass is 16.5. The first-order valence-electron chi connectivity index (χ1n) is 6.50. The van der Waals surface area contributed by atoms with E-state index in [9.17, 15) is 0 Å². The summed E-state index contributed by atoms with van der Waals surface area (Å²) in [6.07, 6.45) is 7.58. The molecule has 1 fully saturated rings. The minimum Gasteiger partial charge on any atom is -0.487 e. The zero-order valence-corrected chi connectivity index (χ0v) is 10.5. The van der Waals surface area contributed by atoms with Crippen LogP contribution in [0.1, 0.15) is 51.0 Å². The number of hydrogen-bond donors (Lipinski definition) is 0. The smallest absolute Gasteiger partial charge is 0.120 e. The van der Waals surface area contributed by atoms with Gasteiger partial charge in [0.2, 0.25) is 0 Å². The van der Waals surface area contributed by atoms with Crippen LogP contribution in [0.25, 0.3) is 0 Å². The van der Waals surface area contributed by atoms with E-state index in [-0.39, 0.29) is 5.60 Å². The molecule has 0 amide bonds. The van der Waals surface area contributed by atoms with Crippen LogP contribution in [0.5, 0.6) is 5.75 Å². The van der Waals surface area contributed by atoms with Gasteiger partial charge in [-0.2, -0.15) is 0 Å². The average molecular weight is 218 g/mol.